The predicted octanol–water partition coefficient (Wildman–Crippen LogP) is 4.10. The molecule has 1 heterocycles. The molecule has 3 aromatic rings. The fourth-order valence-corrected chi connectivity index (χ4v) is 2.83. The second kappa shape index (κ2) is 7.43. The number of hydrogen-bond acceptors (Lipinski definition) is 3. The first-order chi connectivity index (χ1) is 12.0. The van der Waals surface area contributed by atoms with Gasteiger partial charge in [0.25, 0.3) is 0 Å². The monoisotopic (exact) mass is 337 g/mol. The van der Waals surface area contributed by atoms with Gasteiger partial charge in [0.1, 0.15) is 17.9 Å². The highest BCUT2D eigenvalue weighted by Gasteiger charge is 2.12. The minimum Gasteiger partial charge on any atom is -0.492 e. The molecule has 1 N–H and O–H groups in total. The number of nitrogens with one attached hydrogen (secondary N) is 1. The van der Waals surface area contributed by atoms with Crippen molar-refractivity contribution in [3.05, 3.63) is 64.9 Å². The summed E-state index contributed by atoms with van der Waals surface area (Å²) in [6.45, 7) is 7.03. The summed E-state index contributed by atoms with van der Waals surface area (Å²) in [6.07, 6.45) is 1.99. The Morgan fingerprint density at radius 1 is 1.16 bits per heavy atom. The average molecular weight is 337 g/mol. The highest BCUT2D eigenvalue weighted by Crippen LogP contribution is 2.26. The van der Waals surface area contributed by atoms with Gasteiger partial charge in [-0.15, -0.1) is 0 Å². The summed E-state index contributed by atoms with van der Waals surface area (Å²) < 4.78 is 11.3. The summed E-state index contributed by atoms with van der Waals surface area (Å²) >= 11 is 0. The Labute approximate surface area is 147 Å². The van der Waals surface area contributed by atoms with Gasteiger partial charge in [-0.1, -0.05) is 24.3 Å². The summed E-state index contributed by atoms with van der Waals surface area (Å²) in [7, 11) is 0. The molecule has 4 heteroatoms. The number of aryl methyl sites for hydroxylation is 3. The molecule has 0 atom stereocenters. The van der Waals surface area contributed by atoms with Crippen LogP contribution in [-0.4, -0.2) is 19.1 Å². The molecule has 3 rings (SSSR count). The Hall–Kier alpha value is -2.75. The van der Waals surface area contributed by atoms with E-state index in [1.54, 1.807) is 6.26 Å². The van der Waals surface area contributed by atoms with Crippen LogP contribution in [0.2, 0.25) is 0 Å². The number of ether oxygens (including phenoxy) is 1. The molecule has 0 aliphatic heterocycles. The molecule has 0 unspecified atom stereocenters. The van der Waals surface area contributed by atoms with Crippen molar-refractivity contribution in [2.45, 2.75) is 27.2 Å². The van der Waals surface area contributed by atoms with Crippen molar-refractivity contribution in [3.8, 4) is 5.75 Å². The summed E-state index contributed by atoms with van der Waals surface area (Å²) in [5.74, 6) is 0.787. The normalized spacial score (nSPS) is 10.8. The number of hydrogen-bond donors (Lipinski definition) is 1. The quantitative estimate of drug-likeness (QED) is 0.689. The molecule has 0 aliphatic rings. The Bertz CT molecular complexity index is 895. The van der Waals surface area contributed by atoms with Crippen LogP contribution in [0.5, 0.6) is 5.75 Å². The second-order valence-corrected chi connectivity index (χ2v) is 6.34. The Morgan fingerprint density at radius 2 is 2.00 bits per heavy atom. The van der Waals surface area contributed by atoms with Crippen LogP contribution < -0.4 is 10.1 Å². The third-order valence-corrected chi connectivity index (χ3v) is 4.38. The second-order valence-electron chi connectivity index (χ2n) is 6.34. The van der Waals surface area contributed by atoms with Crippen LogP contribution >= 0.6 is 0 Å². The van der Waals surface area contributed by atoms with E-state index in [1.165, 1.54) is 5.56 Å². The van der Waals surface area contributed by atoms with E-state index in [0.717, 1.165) is 33.4 Å². The number of carbonyl (C=O) groups is 1. The third-order valence-electron chi connectivity index (χ3n) is 4.38. The van der Waals surface area contributed by atoms with Crippen LogP contribution in [0.3, 0.4) is 0 Å². The summed E-state index contributed by atoms with van der Waals surface area (Å²) in [6, 6.07) is 11.9. The van der Waals surface area contributed by atoms with Crippen molar-refractivity contribution >= 4 is 16.9 Å². The standard InChI is InChI=1S/C21H23NO3/c1-14-5-4-6-18(11-14)24-10-9-22-20(23)12-17-13-25-21-16(3)15(2)7-8-19(17)21/h4-8,11,13H,9-10,12H2,1-3H3,(H,22,23). The highest BCUT2D eigenvalue weighted by atomic mass is 16.5. The van der Waals surface area contributed by atoms with Gasteiger partial charge in [0.15, 0.2) is 0 Å². The van der Waals surface area contributed by atoms with Gasteiger partial charge >= 0.3 is 0 Å². The lowest BCUT2D eigenvalue weighted by molar-refractivity contribution is -0.120. The van der Waals surface area contributed by atoms with E-state index in [2.05, 4.69) is 18.3 Å². The lowest BCUT2D eigenvalue weighted by Crippen LogP contribution is -2.29. The van der Waals surface area contributed by atoms with Gasteiger partial charge < -0.3 is 14.5 Å². The lowest BCUT2D eigenvalue weighted by atomic mass is 10.0. The van der Waals surface area contributed by atoms with Gasteiger partial charge in [0, 0.05) is 10.9 Å². The molecule has 2 aromatic carbocycles. The summed E-state index contributed by atoms with van der Waals surface area (Å²) in [5.41, 5.74) is 5.24. The van der Waals surface area contributed by atoms with E-state index < -0.39 is 0 Å². The highest BCUT2D eigenvalue weighted by molar-refractivity contribution is 5.89. The van der Waals surface area contributed by atoms with Crippen molar-refractivity contribution in [1.29, 1.82) is 0 Å². The number of benzene rings is 2. The largest absolute Gasteiger partial charge is 0.492 e. The van der Waals surface area contributed by atoms with Crippen LogP contribution in [0.1, 0.15) is 22.3 Å². The molecule has 0 fully saturated rings. The molecule has 0 saturated carbocycles. The van der Waals surface area contributed by atoms with Crippen molar-refractivity contribution < 1.29 is 13.9 Å². The fourth-order valence-electron chi connectivity index (χ4n) is 2.83. The molecule has 0 saturated heterocycles. The number of carbonyl (C=O) groups excluding carboxylic acids is 1. The summed E-state index contributed by atoms with van der Waals surface area (Å²) in [5, 5.41) is 3.90. The minimum atomic E-state index is -0.0335. The molecule has 0 aliphatic carbocycles. The zero-order valence-corrected chi connectivity index (χ0v) is 14.9. The topological polar surface area (TPSA) is 51.5 Å². The molecule has 130 valence electrons. The maximum absolute atomic E-state index is 12.2. The third kappa shape index (κ3) is 4.02. The number of rotatable bonds is 6. The van der Waals surface area contributed by atoms with E-state index in [0.29, 0.717) is 19.6 Å². The molecular formula is C21H23NO3. The van der Waals surface area contributed by atoms with Crippen molar-refractivity contribution in [1.82, 2.24) is 5.32 Å². The first-order valence-corrected chi connectivity index (χ1v) is 8.47. The van der Waals surface area contributed by atoms with Crippen LogP contribution in [-0.2, 0) is 11.2 Å². The van der Waals surface area contributed by atoms with Crippen molar-refractivity contribution in [2.75, 3.05) is 13.2 Å². The van der Waals surface area contributed by atoms with Crippen LogP contribution in [0.4, 0.5) is 0 Å². The zero-order valence-electron chi connectivity index (χ0n) is 14.9. The molecule has 25 heavy (non-hydrogen) atoms. The SMILES string of the molecule is Cc1cccc(OCCNC(=O)Cc2coc3c(C)c(C)ccc23)c1. The molecule has 4 nitrogen and oxygen atoms in total. The lowest BCUT2D eigenvalue weighted by Gasteiger charge is -2.08. The van der Waals surface area contributed by atoms with Gasteiger partial charge in [0.05, 0.1) is 19.2 Å². The number of fused-ring (bicyclic) bond motifs is 1. The van der Waals surface area contributed by atoms with E-state index in [9.17, 15) is 4.79 Å². The zero-order chi connectivity index (χ0) is 17.8. The minimum absolute atomic E-state index is 0.0335. The smallest absolute Gasteiger partial charge is 0.224 e. The van der Waals surface area contributed by atoms with Crippen molar-refractivity contribution in [2.24, 2.45) is 0 Å². The molecule has 0 spiro atoms. The van der Waals surface area contributed by atoms with Gasteiger partial charge in [-0.2, -0.15) is 0 Å². The Kier molecular flexibility index (Phi) is 5.08. The Balaban J connectivity index is 1.52. The van der Waals surface area contributed by atoms with Crippen LogP contribution in [0, 0.1) is 20.8 Å². The van der Waals surface area contributed by atoms with E-state index >= 15 is 0 Å². The number of furan rings is 1. The molecule has 0 radical (unpaired) electrons. The summed E-state index contributed by atoms with van der Waals surface area (Å²) in [4.78, 5) is 12.2. The van der Waals surface area contributed by atoms with Crippen LogP contribution in [0.15, 0.2) is 47.1 Å². The van der Waals surface area contributed by atoms with Gasteiger partial charge in [0.2, 0.25) is 5.91 Å². The van der Waals surface area contributed by atoms with E-state index in [-0.39, 0.29) is 5.91 Å². The van der Waals surface area contributed by atoms with Crippen molar-refractivity contribution in [3.63, 3.8) is 0 Å². The molecule has 1 amide bonds. The molecular weight excluding hydrogens is 314 g/mol. The predicted molar refractivity (Wildman–Crippen MR) is 99.1 cm³/mol. The van der Waals surface area contributed by atoms with E-state index in [4.69, 9.17) is 9.15 Å². The fraction of sp³-hybridized carbons (Fsp3) is 0.286. The average Bonchev–Trinajstić information content (AvgIpc) is 2.98. The Morgan fingerprint density at radius 3 is 2.80 bits per heavy atom. The van der Waals surface area contributed by atoms with Gasteiger partial charge in [-0.3, -0.25) is 4.79 Å². The molecule has 1 aromatic heterocycles. The van der Waals surface area contributed by atoms with Gasteiger partial charge in [-0.25, -0.2) is 0 Å². The van der Waals surface area contributed by atoms with Crippen LogP contribution in [0.25, 0.3) is 11.0 Å². The molecule has 0 bridgehead atoms. The maximum atomic E-state index is 12.2. The first-order valence-electron chi connectivity index (χ1n) is 8.47. The van der Waals surface area contributed by atoms with Gasteiger partial charge in [-0.05, 0) is 49.6 Å². The van der Waals surface area contributed by atoms with E-state index in [1.807, 2.05) is 44.2 Å². The first kappa shape index (κ1) is 17.1. The maximum Gasteiger partial charge on any atom is 0.224 e. The number of amides is 1.